The largest absolute Gasteiger partial charge is 0.384 e. The maximum absolute atomic E-state index is 11.4. The molecule has 0 saturated heterocycles. The van der Waals surface area contributed by atoms with Gasteiger partial charge in [-0.25, -0.2) is 4.98 Å². The van der Waals surface area contributed by atoms with Crippen molar-refractivity contribution in [3.8, 4) is 0 Å². The molecule has 0 amide bonds. The molecule has 3 aromatic heterocycles. The smallest absolute Gasteiger partial charge is 0.250 e. The van der Waals surface area contributed by atoms with E-state index in [4.69, 9.17) is 5.73 Å². The lowest BCUT2D eigenvalue weighted by Gasteiger charge is -2.10. The van der Waals surface area contributed by atoms with E-state index >= 15 is 0 Å². The third-order valence-corrected chi connectivity index (χ3v) is 3.63. The van der Waals surface area contributed by atoms with Crippen molar-refractivity contribution in [3.05, 3.63) is 51.0 Å². The Hall–Kier alpha value is -2.35. The number of halogens is 1. The molecule has 3 heterocycles. The Morgan fingerprint density at radius 1 is 1.43 bits per heavy atom. The Morgan fingerprint density at radius 3 is 3.00 bits per heavy atom. The van der Waals surface area contributed by atoms with Gasteiger partial charge < -0.3 is 15.6 Å². The van der Waals surface area contributed by atoms with Crippen molar-refractivity contribution < 1.29 is 0 Å². The minimum atomic E-state index is -0.0368. The van der Waals surface area contributed by atoms with E-state index in [1.807, 2.05) is 0 Å². The van der Waals surface area contributed by atoms with Crippen molar-refractivity contribution in [3.63, 3.8) is 0 Å². The molecule has 0 aliphatic carbocycles. The molecule has 0 saturated carbocycles. The number of rotatable bonds is 3. The highest BCUT2D eigenvalue weighted by Gasteiger charge is 2.08. The number of nitrogens with zero attached hydrogens (tertiary/aromatic N) is 4. The fraction of sp³-hybridized carbons (Fsp3) is 0.154. The van der Waals surface area contributed by atoms with Gasteiger partial charge in [0.1, 0.15) is 11.6 Å². The van der Waals surface area contributed by atoms with Crippen LogP contribution in [0.15, 0.2) is 39.9 Å². The zero-order valence-electron chi connectivity index (χ0n) is 11.2. The van der Waals surface area contributed by atoms with Gasteiger partial charge in [-0.3, -0.25) is 4.79 Å². The van der Waals surface area contributed by atoms with Crippen LogP contribution in [0, 0.1) is 0 Å². The van der Waals surface area contributed by atoms with Crippen LogP contribution in [-0.4, -0.2) is 19.2 Å². The van der Waals surface area contributed by atoms with E-state index in [9.17, 15) is 4.79 Å². The van der Waals surface area contributed by atoms with Crippen molar-refractivity contribution >= 4 is 33.2 Å². The number of pyridine rings is 1. The lowest BCUT2D eigenvalue weighted by Crippen LogP contribution is -2.16. The number of fused-ring (bicyclic) bond motifs is 1. The van der Waals surface area contributed by atoms with Crippen molar-refractivity contribution in [1.82, 2.24) is 19.2 Å². The van der Waals surface area contributed by atoms with E-state index in [0.717, 1.165) is 15.9 Å². The quantitative estimate of drug-likeness (QED) is 0.746. The summed E-state index contributed by atoms with van der Waals surface area (Å²) in [7, 11) is 1.72. The SMILES string of the molecule is Cn1cc(CNc2cc(N)nc3c(Br)cnn23)ccc1=O. The standard InChI is InChI=1S/C13H13BrN6O/c1-19-7-8(2-3-12(19)21)5-16-11-4-10(15)18-13-9(14)6-17-20(11)13/h2-4,6-7,16H,5H2,1H3,(H2,15,18). The summed E-state index contributed by atoms with van der Waals surface area (Å²) in [4.78, 5) is 15.6. The Bertz CT molecular complexity index is 869. The lowest BCUT2D eigenvalue weighted by molar-refractivity contribution is 0.840. The summed E-state index contributed by atoms with van der Waals surface area (Å²) in [6.07, 6.45) is 3.45. The Labute approximate surface area is 128 Å². The Balaban J connectivity index is 1.91. The molecule has 0 radical (unpaired) electrons. The van der Waals surface area contributed by atoms with Crippen molar-refractivity contribution in [1.29, 1.82) is 0 Å². The molecule has 0 aliphatic rings. The molecule has 0 aliphatic heterocycles. The minimum absolute atomic E-state index is 0.0368. The fourth-order valence-electron chi connectivity index (χ4n) is 2.03. The van der Waals surface area contributed by atoms with Crippen LogP contribution in [0.1, 0.15) is 5.56 Å². The molecule has 0 aromatic carbocycles. The second-order valence-electron chi connectivity index (χ2n) is 4.63. The molecule has 108 valence electrons. The maximum Gasteiger partial charge on any atom is 0.250 e. The van der Waals surface area contributed by atoms with Gasteiger partial charge in [0.15, 0.2) is 5.65 Å². The van der Waals surface area contributed by atoms with Crippen LogP contribution in [-0.2, 0) is 13.6 Å². The number of nitrogen functional groups attached to an aromatic ring is 1. The van der Waals surface area contributed by atoms with Gasteiger partial charge in [0.25, 0.3) is 0 Å². The first kappa shape index (κ1) is 13.6. The molecule has 21 heavy (non-hydrogen) atoms. The van der Waals surface area contributed by atoms with Gasteiger partial charge >= 0.3 is 0 Å². The molecule has 3 rings (SSSR count). The lowest BCUT2D eigenvalue weighted by atomic mass is 10.3. The van der Waals surface area contributed by atoms with Crippen LogP contribution in [0.5, 0.6) is 0 Å². The van der Waals surface area contributed by atoms with Crippen LogP contribution < -0.4 is 16.6 Å². The van der Waals surface area contributed by atoms with Crippen LogP contribution in [0.3, 0.4) is 0 Å². The number of hydrogen-bond donors (Lipinski definition) is 2. The summed E-state index contributed by atoms with van der Waals surface area (Å²) < 4.78 is 3.99. The molecule has 0 spiro atoms. The third kappa shape index (κ3) is 2.62. The summed E-state index contributed by atoms with van der Waals surface area (Å²) in [5.41, 5.74) is 7.40. The average Bonchev–Trinajstić information content (AvgIpc) is 2.81. The van der Waals surface area contributed by atoms with Crippen LogP contribution in [0.4, 0.5) is 11.6 Å². The summed E-state index contributed by atoms with van der Waals surface area (Å²) >= 11 is 3.38. The van der Waals surface area contributed by atoms with E-state index in [0.29, 0.717) is 18.0 Å². The molecule has 0 unspecified atom stereocenters. The number of hydrogen-bond acceptors (Lipinski definition) is 5. The topological polar surface area (TPSA) is 90.2 Å². The third-order valence-electron chi connectivity index (χ3n) is 3.07. The number of nitrogens with two attached hydrogens (primary N) is 1. The van der Waals surface area contributed by atoms with Crippen LogP contribution in [0.25, 0.3) is 5.65 Å². The Morgan fingerprint density at radius 2 is 2.24 bits per heavy atom. The fourth-order valence-corrected chi connectivity index (χ4v) is 2.38. The van der Waals surface area contributed by atoms with E-state index in [1.54, 1.807) is 36.1 Å². The summed E-state index contributed by atoms with van der Waals surface area (Å²) in [5.74, 6) is 1.14. The molecule has 0 bridgehead atoms. The minimum Gasteiger partial charge on any atom is -0.384 e. The van der Waals surface area contributed by atoms with Gasteiger partial charge in [0, 0.05) is 31.9 Å². The van der Waals surface area contributed by atoms with E-state index < -0.39 is 0 Å². The molecule has 0 atom stereocenters. The molecular weight excluding hydrogens is 336 g/mol. The molecule has 0 fully saturated rings. The van der Waals surface area contributed by atoms with Crippen LogP contribution in [0.2, 0.25) is 0 Å². The molecule has 7 nitrogen and oxygen atoms in total. The first-order chi connectivity index (χ1) is 10.0. The van der Waals surface area contributed by atoms with Gasteiger partial charge in [-0.15, -0.1) is 0 Å². The maximum atomic E-state index is 11.4. The zero-order chi connectivity index (χ0) is 15.0. The van der Waals surface area contributed by atoms with E-state index in [-0.39, 0.29) is 5.56 Å². The molecule has 3 N–H and O–H groups in total. The number of aryl methyl sites for hydroxylation is 1. The van der Waals surface area contributed by atoms with Crippen molar-refractivity contribution in [2.75, 3.05) is 11.1 Å². The van der Waals surface area contributed by atoms with E-state index in [2.05, 4.69) is 31.3 Å². The summed E-state index contributed by atoms with van der Waals surface area (Å²) in [6.45, 7) is 0.546. The van der Waals surface area contributed by atoms with Crippen molar-refractivity contribution in [2.24, 2.45) is 7.05 Å². The summed E-state index contributed by atoms with van der Waals surface area (Å²) in [5, 5.41) is 7.49. The highest BCUT2D eigenvalue weighted by molar-refractivity contribution is 9.10. The first-order valence-electron chi connectivity index (χ1n) is 6.24. The Kier molecular flexibility index (Phi) is 3.38. The highest BCUT2D eigenvalue weighted by Crippen LogP contribution is 2.21. The molecule has 8 heteroatoms. The number of aromatic nitrogens is 4. The predicted octanol–water partition coefficient (Wildman–Crippen LogP) is 1.38. The summed E-state index contributed by atoms with van der Waals surface area (Å²) in [6, 6.07) is 5.04. The monoisotopic (exact) mass is 348 g/mol. The number of nitrogens with one attached hydrogen (secondary N) is 1. The number of anilines is 2. The second-order valence-corrected chi connectivity index (χ2v) is 5.49. The van der Waals surface area contributed by atoms with Gasteiger partial charge in [0.2, 0.25) is 5.56 Å². The first-order valence-corrected chi connectivity index (χ1v) is 7.03. The predicted molar refractivity (Wildman–Crippen MR) is 84.1 cm³/mol. The average molecular weight is 349 g/mol. The van der Waals surface area contributed by atoms with Crippen LogP contribution >= 0.6 is 15.9 Å². The van der Waals surface area contributed by atoms with Gasteiger partial charge in [-0.2, -0.15) is 9.61 Å². The molecular formula is C13H13BrN6O. The van der Waals surface area contributed by atoms with Crippen molar-refractivity contribution in [2.45, 2.75) is 6.54 Å². The van der Waals surface area contributed by atoms with Gasteiger partial charge in [-0.05, 0) is 21.5 Å². The van der Waals surface area contributed by atoms with Gasteiger partial charge in [-0.1, -0.05) is 6.07 Å². The second kappa shape index (κ2) is 5.21. The highest BCUT2D eigenvalue weighted by atomic mass is 79.9. The van der Waals surface area contributed by atoms with Gasteiger partial charge in [0.05, 0.1) is 10.7 Å². The normalized spacial score (nSPS) is 11.0. The zero-order valence-corrected chi connectivity index (χ0v) is 12.8. The molecule has 3 aromatic rings. The van der Waals surface area contributed by atoms with E-state index in [1.165, 1.54) is 10.6 Å².